The van der Waals surface area contributed by atoms with Gasteiger partial charge in [-0.25, -0.2) is 0 Å². The summed E-state index contributed by atoms with van der Waals surface area (Å²) in [6.45, 7) is 5.89. The largest absolute Gasteiger partial charge is 0.372 e. The maximum Gasteiger partial charge on any atom is 0.0725 e. The van der Waals surface area contributed by atoms with E-state index in [4.69, 9.17) is 10.5 Å². The molecule has 0 saturated carbocycles. The third-order valence-corrected chi connectivity index (χ3v) is 3.39. The Hall–Kier alpha value is -0.860. The predicted molar refractivity (Wildman–Crippen MR) is 61.3 cm³/mol. The first-order valence-corrected chi connectivity index (χ1v) is 5.67. The Morgan fingerprint density at radius 3 is 2.80 bits per heavy atom. The van der Waals surface area contributed by atoms with E-state index in [-0.39, 0.29) is 6.04 Å². The summed E-state index contributed by atoms with van der Waals surface area (Å²) in [5.74, 6) is 0.533. The van der Waals surface area contributed by atoms with E-state index in [0.29, 0.717) is 5.92 Å². The molecule has 1 aliphatic heterocycles. The molecular formula is C13H19NO. The summed E-state index contributed by atoms with van der Waals surface area (Å²) in [5, 5.41) is 0. The first kappa shape index (κ1) is 10.7. The van der Waals surface area contributed by atoms with Gasteiger partial charge in [0.2, 0.25) is 0 Å². The Kier molecular flexibility index (Phi) is 3.08. The van der Waals surface area contributed by atoms with Gasteiger partial charge >= 0.3 is 0 Å². The van der Waals surface area contributed by atoms with Gasteiger partial charge in [0.15, 0.2) is 0 Å². The van der Waals surface area contributed by atoms with Crippen LogP contribution in [0.15, 0.2) is 18.2 Å². The van der Waals surface area contributed by atoms with Gasteiger partial charge < -0.3 is 10.5 Å². The minimum Gasteiger partial charge on any atom is -0.372 e. The molecule has 1 aliphatic rings. The summed E-state index contributed by atoms with van der Waals surface area (Å²) in [6, 6.07) is 6.66. The molecule has 0 radical (unpaired) electrons. The maximum atomic E-state index is 6.20. The van der Waals surface area contributed by atoms with Gasteiger partial charge in [0.25, 0.3) is 0 Å². The van der Waals surface area contributed by atoms with Crippen LogP contribution >= 0.6 is 0 Å². The highest BCUT2D eigenvalue weighted by molar-refractivity contribution is 5.34. The van der Waals surface area contributed by atoms with Gasteiger partial charge in [-0.2, -0.15) is 0 Å². The Morgan fingerprint density at radius 1 is 1.33 bits per heavy atom. The first-order chi connectivity index (χ1) is 7.22. The van der Waals surface area contributed by atoms with Crippen LogP contribution in [-0.4, -0.2) is 0 Å². The van der Waals surface area contributed by atoms with Crippen LogP contribution in [0.5, 0.6) is 0 Å². The molecule has 2 unspecified atom stereocenters. The molecule has 2 rings (SSSR count). The summed E-state index contributed by atoms with van der Waals surface area (Å²) < 4.78 is 5.40. The molecule has 0 aromatic heterocycles. The molecule has 0 fully saturated rings. The topological polar surface area (TPSA) is 35.2 Å². The van der Waals surface area contributed by atoms with Crippen molar-refractivity contribution < 1.29 is 4.74 Å². The molecule has 2 nitrogen and oxygen atoms in total. The molecule has 0 bridgehead atoms. The van der Waals surface area contributed by atoms with Crippen LogP contribution in [0.1, 0.15) is 43.0 Å². The lowest BCUT2D eigenvalue weighted by molar-refractivity contribution is 0.134. The van der Waals surface area contributed by atoms with Crippen molar-refractivity contribution in [2.45, 2.75) is 39.5 Å². The average Bonchev–Trinajstić information content (AvgIpc) is 2.73. The number of benzene rings is 1. The van der Waals surface area contributed by atoms with E-state index in [1.807, 2.05) is 0 Å². The second-order valence-electron chi connectivity index (χ2n) is 4.43. The monoisotopic (exact) mass is 205 g/mol. The SMILES string of the molecule is CCC(C)C(N)c1ccc2c(c1)COC2. The van der Waals surface area contributed by atoms with Gasteiger partial charge in [0, 0.05) is 6.04 Å². The van der Waals surface area contributed by atoms with Gasteiger partial charge in [-0.05, 0) is 22.6 Å². The van der Waals surface area contributed by atoms with E-state index < -0.39 is 0 Å². The maximum absolute atomic E-state index is 6.20. The molecule has 2 heteroatoms. The molecule has 82 valence electrons. The summed E-state index contributed by atoms with van der Waals surface area (Å²) >= 11 is 0. The molecule has 0 spiro atoms. The number of rotatable bonds is 3. The van der Waals surface area contributed by atoms with Gasteiger partial charge in [0.1, 0.15) is 0 Å². The molecule has 0 aliphatic carbocycles. The van der Waals surface area contributed by atoms with E-state index >= 15 is 0 Å². The van der Waals surface area contributed by atoms with Crippen molar-refractivity contribution in [2.75, 3.05) is 0 Å². The van der Waals surface area contributed by atoms with Crippen molar-refractivity contribution in [1.82, 2.24) is 0 Å². The number of fused-ring (bicyclic) bond motifs is 1. The number of hydrogen-bond acceptors (Lipinski definition) is 2. The van der Waals surface area contributed by atoms with Gasteiger partial charge in [-0.1, -0.05) is 38.5 Å². The van der Waals surface area contributed by atoms with Gasteiger partial charge in [0.05, 0.1) is 13.2 Å². The number of ether oxygens (including phenoxy) is 1. The summed E-state index contributed by atoms with van der Waals surface area (Å²) in [4.78, 5) is 0. The summed E-state index contributed by atoms with van der Waals surface area (Å²) in [6.07, 6.45) is 1.12. The van der Waals surface area contributed by atoms with Crippen molar-refractivity contribution in [2.24, 2.45) is 11.7 Å². The molecule has 1 aromatic carbocycles. The zero-order valence-corrected chi connectivity index (χ0v) is 9.49. The fourth-order valence-electron chi connectivity index (χ4n) is 1.98. The minimum atomic E-state index is 0.154. The van der Waals surface area contributed by atoms with Gasteiger partial charge in [-0.15, -0.1) is 0 Å². The van der Waals surface area contributed by atoms with Crippen molar-refractivity contribution in [3.05, 3.63) is 34.9 Å². The Labute approximate surface area is 91.4 Å². The summed E-state index contributed by atoms with van der Waals surface area (Å²) in [7, 11) is 0. The highest BCUT2D eigenvalue weighted by atomic mass is 16.5. The Morgan fingerprint density at radius 2 is 2.07 bits per heavy atom. The highest BCUT2D eigenvalue weighted by Gasteiger charge is 2.17. The van der Waals surface area contributed by atoms with Crippen LogP contribution in [0.25, 0.3) is 0 Å². The van der Waals surface area contributed by atoms with Gasteiger partial charge in [-0.3, -0.25) is 0 Å². The third-order valence-electron chi connectivity index (χ3n) is 3.39. The van der Waals surface area contributed by atoms with Crippen LogP contribution in [0.4, 0.5) is 0 Å². The van der Waals surface area contributed by atoms with Crippen molar-refractivity contribution in [3.63, 3.8) is 0 Å². The minimum absolute atomic E-state index is 0.154. The van der Waals surface area contributed by atoms with E-state index in [0.717, 1.165) is 19.6 Å². The lowest BCUT2D eigenvalue weighted by atomic mass is 9.91. The van der Waals surface area contributed by atoms with E-state index in [2.05, 4.69) is 32.0 Å². The van der Waals surface area contributed by atoms with E-state index in [1.54, 1.807) is 0 Å². The quantitative estimate of drug-likeness (QED) is 0.823. The molecular weight excluding hydrogens is 186 g/mol. The fourth-order valence-corrected chi connectivity index (χ4v) is 1.98. The van der Waals surface area contributed by atoms with E-state index in [1.165, 1.54) is 16.7 Å². The van der Waals surface area contributed by atoms with Crippen LogP contribution in [0.3, 0.4) is 0 Å². The zero-order chi connectivity index (χ0) is 10.8. The first-order valence-electron chi connectivity index (χ1n) is 5.67. The highest BCUT2D eigenvalue weighted by Crippen LogP contribution is 2.27. The smallest absolute Gasteiger partial charge is 0.0725 e. The molecule has 2 N–H and O–H groups in total. The van der Waals surface area contributed by atoms with Crippen LogP contribution < -0.4 is 5.73 Å². The molecule has 1 aromatic rings. The second kappa shape index (κ2) is 4.33. The normalized spacial score (nSPS) is 18.6. The summed E-state index contributed by atoms with van der Waals surface area (Å²) in [5.41, 5.74) is 10.1. The van der Waals surface area contributed by atoms with Crippen molar-refractivity contribution in [3.8, 4) is 0 Å². The molecule has 1 heterocycles. The molecule has 0 amide bonds. The van der Waals surface area contributed by atoms with Crippen LogP contribution in [0, 0.1) is 5.92 Å². The molecule has 15 heavy (non-hydrogen) atoms. The Balaban J connectivity index is 2.22. The lowest BCUT2D eigenvalue weighted by Gasteiger charge is -2.19. The zero-order valence-electron chi connectivity index (χ0n) is 9.49. The third kappa shape index (κ3) is 2.06. The number of hydrogen-bond donors (Lipinski definition) is 1. The average molecular weight is 205 g/mol. The fraction of sp³-hybridized carbons (Fsp3) is 0.538. The predicted octanol–water partition coefficient (Wildman–Crippen LogP) is 2.76. The van der Waals surface area contributed by atoms with Crippen molar-refractivity contribution in [1.29, 1.82) is 0 Å². The standard InChI is InChI=1S/C13H19NO/c1-3-9(2)13(14)10-4-5-11-7-15-8-12(11)6-10/h4-6,9,13H,3,7-8,14H2,1-2H3. The Bertz CT molecular complexity index is 348. The molecule has 2 atom stereocenters. The van der Waals surface area contributed by atoms with Crippen LogP contribution in [-0.2, 0) is 18.0 Å². The molecule has 0 saturated heterocycles. The van der Waals surface area contributed by atoms with Crippen LogP contribution in [0.2, 0.25) is 0 Å². The van der Waals surface area contributed by atoms with Crippen molar-refractivity contribution >= 4 is 0 Å². The number of nitrogens with two attached hydrogens (primary N) is 1. The van der Waals surface area contributed by atoms with E-state index in [9.17, 15) is 0 Å². The second-order valence-corrected chi connectivity index (χ2v) is 4.43. The lowest BCUT2D eigenvalue weighted by Crippen LogP contribution is -2.18.